The number of carbonyl (C=O) groups excluding carboxylic acids is 3. The first-order valence-electron chi connectivity index (χ1n) is 21.4. The van der Waals surface area contributed by atoms with Gasteiger partial charge in [-0.3, -0.25) is 19.3 Å². The van der Waals surface area contributed by atoms with Crippen LogP contribution < -0.4 is 10.1 Å². The van der Waals surface area contributed by atoms with E-state index >= 15 is 14.4 Å². The minimum Gasteiger partial charge on any atom is -0.491 e. The quantitative estimate of drug-likeness (QED) is 0.145. The van der Waals surface area contributed by atoms with Crippen LogP contribution in [0.3, 0.4) is 0 Å². The molecule has 3 fully saturated rings. The van der Waals surface area contributed by atoms with E-state index in [4.69, 9.17) is 9.47 Å². The van der Waals surface area contributed by atoms with Gasteiger partial charge in [-0.2, -0.15) is 0 Å². The van der Waals surface area contributed by atoms with Gasteiger partial charge in [0.05, 0.1) is 24.6 Å². The number of nitrogens with zero attached hydrogens (tertiary/aromatic N) is 2. The number of allylic oxidation sites excluding steroid dienone is 2. The largest absolute Gasteiger partial charge is 0.491 e. The molecule has 0 unspecified atom stereocenters. The molecule has 5 aliphatic rings. The van der Waals surface area contributed by atoms with E-state index in [9.17, 15) is 5.11 Å². The molecule has 2 amide bonds. The summed E-state index contributed by atoms with van der Waals surface area (Å²) in [5.41, 5.74) is 3.75. The molecule has 3 saturated heterocycles. The minimum absolute atomic E-state index is 0.0193. The van der Waals surface area contributed by atoms with E-state index in [-0.39, 0.29) is 25.0 Å². The molecular weight excluding hydrogens is 739 g/mol. The Morgan fingerprint density at radius 2 is 1.53 bits per heavy atom. The van der Waals surface area contributed by atoms with Gasteiger partial charge in [-0.1, -0.05) is 116 Å². The highest BCUT2D eigenvalue weighted by Gasteiger charge is 2.74. The van der Waals surface area contributed by atoms with E-state index in [2.05, 4.69) is 28.1 Å². The number of benzene rings is 4. The number of anilines is 1. The Hall–Kier alpha value is -5.69. The fourth-order valence-electron chi connectivity index (χ4n) is 10.4. The Kier molecular flexibility index (Phi) is 11.1. The van der Waals surface area contributed by atoms with Crippen molar-refractivity contribution >= 4 is 23.5 Å². The van der Waals surface area contributed by atoms with Crippen LogP contribution in [0.2, 0.25) is 0 Å². The van der Waals surface area contributed by atoms with Crippen molar-refractivity contribution in [3.8, 4) is 17.6 Å². The molecule has 0 bridgehead atoms. The number of morpholine rings is 1. The first-order valence-corrected chi connectivity index (χ1v) is 21.4. The lowest BCUT2D eigenvalue weighted by molar-refractivity contribution is -0.179. The van der Waals surface area contributed by atoms with Crippen LogP contribution in [0.5, 0.6) is 5.75 Å². The van der Waals surface area contributed by atoms with Crippen molar-refractivity contribution in [2.75, 3.05) is 31.6 Å². The minimum atomic E-state index is -1.63. The van der Waals surface area contributed by atoms with Crippen LogP contribution in [0.25, 0.3) is 0 Å². The Morgan fingerprint density at radius 3 is 2.25 bits per heavy atom. The van der Waals surface area contributed by atoms with Crippen molar-refractivity contribution in [3.05, 3.63) is 143 Å². The molecule has 9 nitrogen and oxygen atoms in total. The SMILES string of the molecule is O=C1O[C@H](c2ccccc2)[C@H](c2ccccc2)N2[C@H]1[C@@H](C(=O)N1CCCCCCC1)[C@]1(C(=O)Nc3ccc(C#CC4=CCCCC4)cc31)[C@H]2c1ccccc1OCCO. The van der Waals surface area contributed by atoms with Gasteiger partial charge in [0.25, 0.3) is 0 Å². The fourth-order valence-corrected chi connectivity index (χ4v) is 10.4. The maximum atomic E-state index is 15.8. The average molecular weight is 790 g/mol. The molecule has 4 aromatic rings. The van der Waals surface area contributed by atoms with E-state index in [0.717, 1.165) is 80.1 Å². The summed E-state index contributed by atoms with van der Waals surface area (Å²) in [6.07, 6.45) is 10.4. The second-order valence-electron chi connectivity index (χ2n) is 16.4. The van der Waals surface area contributed by atoms with Crippen LogP contribution in [0.15, 0.2) is 115 Å². The van der Waals surface area contributed by atoms with Crippen LogP contribution in [-0.2, 0) is 24.5 Å². The summed E-state index contributed by atoms with van der Waals surface area (Å²) in [6.45, 7) is 0.880. The van der Waals surface area contributed by atoms with Crippen LogP contribution >= 0.6 is 0 Å². The van der Waals surface area contributed by atoms with Gasteiger partial charge in [-0.05, 0) is 85.1 Å². The molecular formula is C50H51N3O6. The maximum Gasteiger partial charge on any atom is 0.324 e. The lowest BCUT2D eigenvalue weighted by Crippen LogP contribution is -2.55. The van der Waals surface area contributed by atoms with E-state index in [0.29, 0.717) is 35.7 Å². The molecule has 59 heavy (non-hydrogen) atoms. The smallest absolute Gasteiger partial charge is 0.324 e. The molecule has 4 aliphatic heterocycles. The summed E-state index contributed by atoms with van der Waals surface area (Å²) in [5, 5.41) is 13.2. The summed E-state index contributed by atoms with van der Waals surface area (Å²) in [4.78, 5) is 50.8. The number of nitrogens with one attached hydrogen (secondary N) is 1. The molecule has 1 aliphatic carbocycles. The zero-order chi connectivity index (χ0) is 40.3. The summed E-state index contributed by atoms with van der Waals surface area (Å²) < 4.78 is 12.9. The first-order chi connectivity index (χ1) is 29.0. The number of para-hydroxylation sites is 1. The zero-order valence-corrected chi connectivity index (χ0v) is 33.4. The van der Waals surface area contributed by atoms with E-state index in [1.165, 1.54) is 0 Å². The maximum absolute atomic E-state index is 15.8. The van der Waals surface area contributed by atoms with Gasteiger partial charge in [-0.15, -0.1) is 0 Å². The Balaban J connectivity index is 1.33. The highest BCUT2D eigenvalue weighted by Crippen LogP contribution is 2.66. The molecule has 9 heteroatoms. The molecule has 0 radical (unpaired) electrons. The zero-order valence-electron chi connectivity index (χ0n) is 33.4. The third kappa shape index (κ3) is 7.02. The number of amides is 2. The number of fused-ring (bicyclic) bond motifs is 3. The van der Waals surface area contributed by atoms with Crippen molar-refractivity contribution in [3.63, 3.8) is 0 Å². The van der Waals surface area contributed by atoms with Gasteiger partial charge in [0, 0.05) is 29.9 Å². The highest BCUT2D eigenvalue weighted by atomic mass is 16.6. The van der Waals surface area contributed by atoms with Crippen LogP contribution in [0.1, 0.15) is 104 Å². The molecule has 1 spiro atoms. The normalized spacial score (nSPS) is 26.6. The van der Waals surface area contributed by atoms with E-state index < -0.39 is 41.5 Å². The molecule has 6 atom stereocenters. The van der Waals surface area contributed by atoms with Crippen molar-refractivity contribution in [2.24, 2.45) is 5.92 Å². The average Bonchev–Trinajstić information content (AvgIpc) is 3.74. The molecule has 0 saturated carbocycles. The number of carbonyl (C=O) groups is 3. The Morgan fingerprint density at radius 1 is 0.814 bits per heavy atom. The summed E-state index contributed by atoms with van der Waals surface area (Å²) >= 11 is 0. The van der Waals surface area contributed by atoms with Gasteiger partial charge < -0.3 is 24.8 Å². The predicted octanol–water partition coefficient (Wildman–Crippen LogP) is 7.97. The fraction of sp³-hybridized carbons (Fsp3) is 0.380. The number of hydrogen-bond acceptors (Lipinski definition) is 7. The van der Waals surface area contributed by atoms with Gasteiger partial charge in [0.15, 0.2) is 0 Å². The standard InChI is InChI=1S/C50H51N3O6/c54-31-32-58-41-24-14-13-23-38(41)46-50(39-33-35(27-28-40(39)51-49(50)57)26-25-34-17-7-4-8-18-34)42(47(55)52-29-15-2-1-3-16-30-52)44-48(56)59-45(37-21-11-6-12-22-37)43(53(44)46)36-19-9-5-10-20-36/h5-6,9-14,17,19-24,27-28,33,42-46,54H,1-4,7-8,15-16,18,29-32H2,(H,51,57)/t42-,43-,44-,45+,46+,50-/m0/s1. The number of hydrogen-bond donors (Lipinski definition) is 2. The van der Waals surface area contributed by atoms with Gasteiger partial charge >= 0.3 is 5.97 Å². The van der Waals surface area contributed by atoms with Crippen LogP contribution in [0.4, 0.5) is 5.69 Å². The number of ether oxygens (including phenoxy) is 2. The van der Waals surface area contributed by atoms with Crippen LogP contribution in [-0.4, -0.2) is 65.0 Å². The van der Waals surface area contributed by atoms with Crippen LogP contribution in [0, 0.1) is 17.8 Å². The second kappa shape index (κ2) is 16.9. The summed E-state index contributed by atoms with van der Waals surface area (Å²) in [7, 11) is 0. The van der Waals surface area contributed by atoms with Crippen molar-refractivity contribution < 1.29 is 29.0 Å². The number of cyclic esters (lactones) is 1. The van der Waals surface area contributed by atoms with Gasteiger partial charge in [-0.25, -0.2) is 0 Å². The number of aliphatic hydroxyl groups excluding tert-OH is 1. The first kappa shape index (κ1) is 38.8. The van der Waals surface area contributed by atoms with E-state index in [1.54, 1.807) is 0 Å². The lowest BCUT2D eigenvalue weighted by atomic mass is 9.64. The molecule has 0 aromatic heterocycles. The van der Waals surface area contributed by atoms with E-state index in [1.807, 2.05) is 108 Å². The van der Waals surface area contributed by atoms with Crippen molar-refractivity contribution in [2.45, 2.75) is 87.4 Å². The second-order valence-corrected chi connectivity index (χ2v) is 16.4. The number of rotatable bonds is 7. The summed E-state index contributed by atoms with van der Waals surface area (Å²) in [6, 6.07) is 30.3. The number of likely N-dealkylation sites (tertiary alicyclic amines) is 1. The predicted molar refractivity (Wildman–Crippen MR) is 225 cm³/mol. The van der Waals surface area contributed by atoms with Gasteiger partial charge in [0.2, 0.25) is 11.8 Å². The highest BCUT2D eigenvalue weighted by molar-refractivity contribution is 6.12. The Labute approximate surface area is 346 Å². The topological polar surface area (TPSA) is 108 Å². The molecule has 9 rings (SSSR count). The lowest BCUT2D eigenvalue weighted by Gasteiger charge is -2.46. The third-order valence-corrected chi connectivity index (χ3v) is 13.0. The number of esters is 1. The third-order valence-electron chi connectivity index (χ3n) is 13.0. The Bertz CT molecular complexity index is 2290. The molecule has 2 N–H and O–H groups in total. The molecule has 302 valence electrons. The number of aliphatic hydroxyl groups is 1. The molecule has 4 aromatic carbocycles. The van der Waals surface area contributed by atoms with Gasteiger partial charge in [0.1, 0.15) is 29.9 Å². The van der Waals surface area contributed by atoms with Crippen molar-refractivity contribution in [1.29, 1.82) is 0 Å². The van der Waals surface area contributed by atoms with Crippen molar-refractivity contribution in [1.82, 2.24) is 9.80 Å². The summed E-state index contributed by atoms with van der Waals surface area (Å²) in [5.74, 6) is 4.97. The monoisotopic (exact) mass is 789 g/mol. The molecule has 4 heterocycles.